The van der Waals surface area contributed by atoms with Crippen LogP contribution in [0, 0.1) is 0 Å². The number of nitrogens with one attached hydrogen (secondary N) is 1. The quantitative estimate of drug-likeness (QED) is 0.775. The lowest BCUT2D eigenvalue weighted by molar-refractivity contribution is 0.146. The predicted octanol–water partition coefficient (Wildman–Crippen LogP) is 1.78. The summed E-state index contributed by atoms with van der Waals surface area (Å²) in [5.41, 5.74) is 0.556. The molecule has 2 nitrogen and oxygen atoms in total. The fourth-order valence-electron chi connectivity index (χ4n) is 1.01. The molecule has 0 bridgehead atoms. The van der Waals surface area contributed by atoms with Gasteiger partial charge in [-0.05, 0) is 19.2 Å². The van der Waals surface area contributed by atoms with Crippen molar-refractivity contribution in [3.63, 3.8) is 0 Å². The Bertz CT molecular complexity index is 264. The van der Waals surface area contributed by atoms with Crippen LogP contribution in [-0.2, 0) is 6.42 Å². The molecule has 0 saturated heterocycles. The Labute approximate surface area is 76.0 Å². The van der Waals surface area contributed by atoms with Gasteiger partial charge in [0.25, 0.3) is 6.43 Å². The second-order valence-electron chi connectivity index (χ2n) is 2.71. The van der Waals surface area contributed by atoms with Crippen LogP contribution < -0.4 is 5.32 Å². The van der Waals surface area contributed by atoms with Crippen LogP contribution in [0.15, 0.2) is 18.2 Å². The van der Waals surface area contributed by atoms with Crippen molar-refractivity contribution >= 4 is 0 Å². The van der Waals surface area contributed by atoms with Crippen molar-refractivity contribution in [1.29, 1.82) is 0 Å². The molecule has 1 heterocycles. The first-order valence-corrected chi connectivity index (χ1v) is 4.12. The molecule has 4 heteroatoms. The molecule has 0 saturated carbocycles. The van der Waals surface area contributed by atoms with E-state index in [1.807, 2.05) is 7.05 Å². The number of hydrogen-bond acceptors (Lipinski definition) is 2. The highest BCUT2D eigenvalue weighted by atomic mass is 19.3. The molecule has 0 fully saturated rings. The zero-order valence-corrected chi connectivity index (χ0v) is 7.43. The van der Waals surface area contributed by atoms with Gasteiger partial charge < -0.3 is 5.32 Å². The van der Waals surface area contributed by atoms with E-state index in [9.17, 15) is 8.78 Å². The van der Waals surface area contributed by atoms with E-state index in [1.165, 1.54) is 6.07 Å². The van der Waals surface area contributed by atoms with Crippen molar-refractivity contribution in [2.75, 3.05) is 13.6 Å². The van der Waals surface area contributed by atoms with Crippen molar-refractivity contribution in [3.05, 3.63) is 29.6 Å². The number of rotatable bonds is 4. The summed E-state index contributed by atoms with van der Waals surface area (Å²) in [6, 6.07) is 4.70. The first-order chi connectivity index (χ1) is 6.24. The first-order valence-electron chi connectivity index (χ1n) is 4.12. The van der Waals surface area contributed by atoms with Gasteiger partial charge in [-0.25, -0.2) is 8.78 Å². The molecule has 0 unspecified atom stereocenters. The molecular formula is C9H12F2N2. The number of halogens is 2. The van der Waals surface area contributed by atoms with Crippen molar-refractivity contribution in [3.8, 4) is 0 Å². The van der Waals surface area contributed by atoms with Crippen molar-refractivity contribution in [2.45, 2.75) is 12.8 Å². The molecule has 72 valence electrons. The smallest absolute Gasteiger partial charge is 0.280 e. The molecular weight excluding hydrogens is 174 g/mol. The first kappa shape index (κ1) is 10.1. The highest BCUT2D eigenvalue weighted by Crippen LogP contribution is 2.15. The largest absolute Gasteiger partial charge is 0.319 e. The second-order valence-corrected chi connectivity index (χ2v) is 2.71. The van der Waals surface area contributed by atoms with Gasteiger partial charge in [-0.15, -0.1) is 0 Å². The van der Waals surface area contributed by atoms with Crippen LogP contribution in [0.4, 0.5) is 8.78 Å². The highest BCUT2D eigenvalue weighted by Gasteiger charge is 2.08. The lowest BCUT2D eigenvalue weighted by atomic mass is 10.2. The number of hydrogen-bond donors (Lipinski definition) is 1. The van der Waals surface area contributed by atoms with E-state index < -0.39 is 6.43 Å². The Morgan fingerprint density at radius 3 is 2.85 bits per heavy atom. The van der Waals surface area contributed by atoms with Crippen LogP contribution in [0.3, 0.4) is 0 Å². The molecule has 0 spiro atoms. The monoisotopic (exact) mass is 186 g/mol. The maximum atomic E-state index is 12.2. The van der Waals surface area contributed by atoms with E-state index in [2.05, 4.69) is 10.3 Å². The molecule has 0 aliphatic rings. The highest BCUT2D eigenvalue weighted by molar-refractivity contribution is 5.12. The van der Waals surface area contributed by atoms with Gasteiger partial charge >= 0.3 is 0 Å². The maximum absolute atomic E-state index is 12.2. The SMILES string of the molecule is CNCCc1cccc(C(F)F)n1. The average Bonchev–Trinajstić information content (AvgIpc) is 2.15. The molecule has 0 aromatic carbocycles. The van der Waals surface area contributed by atoms with Gasteiger partial charge in [-0.2, -0.15) is 0 Å². The van der Waals surface area contributed by atoms with E-state index in [-0.39, 0.29) is 5.69 Å². The van der Waals surface area contributed by atoms with Gasteiger partial charge in [-0.3, -0.25) is 4.98 Å². The van der Waals surface area contributed by atoms with E-state index in [4.69, 9.17) is 0 Å². The third-order valence-electron chi connectivity index (χ3n) is 1.68. The summed E-state index contributed by atoms with van der Waals surface area (Å²) in [6.07, 6.45) is -1.80. The van der Waals surface area contributed by atoms with E-state index in [0.29, 0.717) is 12.1 Å². The van der Waals surface area contributed by atoms with Gasteiger partial charge in [0.05, 0.1) is 0 Å². The molecule has 13 heavy (non-hydrogen) atoms. The number of likely N-dealkylation sites (N-methyl/N-ethyl adjacent to an activating group) is 1. The van der Waals surface area contributed by atoms with Gasteiger partial charge in [0.2, 0.25) is 0 Å². The lowest BCUT2D eigenvalue weighted by Crippen LogP contribution is -2.11. The van der Waals surface area contributed by atoms with Gasteiger partial charge in [-0.1, -0.05) is 6.07 Å². The Balaban J connectivity index is 2.68. The van der Waals surface area contributed by atoms with Gasteiger partial charge in [0.1, 0.15) is 5.69 Å². The number of aromatic nitrogens is 1. The number of alkyl halides is 2. The summed E-state index contributed by atoms with van der Waals surface area (Å²) in [5.74, 6) is 0. The molecule has 1 rings (SSSR count). The van der Waals surface area contributed by atoms with Crippen LogP contribution in [-0.4, -0.2) is 18.6 Å². The van der Waals surface area contributed by atoms with Crippen LogP contribution in [0.2, 0.25) is 0 Å². The van der Waals surface area contributed by atoms with Crippen LogP contribution in [0.5, 0.6) is 0 Å². The molecule has 0 amide bonds. The summed E-state index contributed by atoms with van der Waals surface area (Å²) in [6.45, 7) is 0.750. The molecule has 0 radical (unpaired) electrons. The fourth-order valence-corrected chi connectivity index (χ4v) is 1.01. The second kappa shape index (κ2) is 4.87. The van der Waals surface area contributed by atoms with E-state index in [1.54, 1.807) is 12.1 Å². The minimum atomic E-state index is -2.48. The summed E-state index contributed by atoms with van der Waals surface area (Å²) < 4.78 is 24.4. The third kappa shape index (κ3) is 3.06. The minimum absolute atomic E-state index is 0.145. The standard InChI is InChI=1S/C9H12F2N2/c1-12-6-5-7-3-2-4-8(13-7)9(10)11/h2-4,9,12H,5-6H2,1H3. The summed E-state index contributed by atoms with van der Waals surface area (Å²) in [4.78, 5) is 3.82. The Morgan fingerprint density at radius 2 is 2.23 bits per heavy atom. The summed E-state index contributed by atoms with van der Waals surface area (Å²) in [5, 5.41) is 2.94. The van der Waals surface area contributed by atoms with Crippen molar-refractivity contribution in [2.24, 2.45) is 0 Å². The molecule has 0 aliphatic heterocycles. The number of nitrogens with zero attached hydrogens (tertiary/aromatic N) is 1. The molecule has 1 N–H and O–H groups in total. The topological polar surface area (TPSA) is 24.9 Å². The van der Waals surface area contributed by atoms with Crippen LogP contribution in [0.1, 0.15) is 17.8 Å². The zero-order valence-electron chi connectivity index (χ0n) is 7.43. The van der Waals surface area contributed by atoms with Crippen LogP contribution >= 0.6 is 0 Å². The van der Waals surface area contributed by atoms with Crippen molar-refractivity contribution in [1.82, 2.24) is 10.3 Å². The van der Waals surface area contributed by atoms with E-state index in [0.717, 1.165) is 6.54 Å². The maximum Gasteiger partial charge on any atom is 0.280 e. The van der Waals surface area contributed by atoms with Gasteiger partial charge in [0.15, 0.2) is 0 Å². The molecule has 1 aromatic heterocycles. The van der Waals surface area contributed by atoms with Gasteiger partial charge in [0, 0.05) is 18.7 Å². The summed E-state index contributed by atoms with van der Waals surface area (Å²) in [7, 11) is 1.82. The zero-order chi connectivity index (χ0) is 9.68. The normalized spacial score (nSPS) is 10.8. The average molecular weight is 186 g/mol. The number of pyridine rings is 1. The predicted molar refractivity (Wildman–Crippen MR) is 46.8 cm³/mol. The lowest BCUT2D eigenvalue weighted by Gasteiger charge is -2.02. The Hall–Kier alpha value is -1.03. The van der Waals surface area contributed by atoms with E-state index >= 15 is 0 Å². The third-order valence-corrected chi connectivity index (χ3v) is 1.68. The molecule has 1 aromatic rings. The minimum Gasteiger partial charge on any atom is -0.319 e. The Morgan fingerprint density at radius 1 is 1.46 bits per heavy atom. The Kier molecular flexibility index (Phi) is 3.76. The van der Waals surface area contributed by atoms with Crippen LogP contribution in [0.25, 0.3) is 0 Å². The molecule has 0 atom stereocenters. The fraction of sp³-hybridized carbons (Fsp3) is 0.444. The molecule has 0 aliphatic carbocycles. The summed E-state index contributed by atoms with van der Waals surface area (Å²) >= 11 is 0. The van der Waals surface area contributed by atoms with Crippen molar-refractivity contribution < 1.29 is 8.78 Å².